The average molecular weight is 256 g/mol. The molecular formula is C13H18ClNO2. The molecule has 0 saturated heterocycles. The molecule has 0 fully saturated rings. The van der Waals surface area contributed by atoms with E-state index in [1.54, 1.807) is 25.3 Å². The molecule has 0 aliphatic rings. The van der Waals surface area contributed by atoms with Crippen LogP contribution in [0.15, 0.2) is 18.2 Å². The lowest BCUT2D eigenvalue weighted by Gasteiger charge is -2.08. The molecule has 1 aromatic carbocycles. The Morgan fingerprint density at radius 3 is 2.82 bits per heavy atom. The number of carbonyl (C=O) groups is 1. The van der Waals surface area contributed by atoms with E-state index in [0.29, 0.717) is 22.8 Å². The summed E-state index contributed by atoms with van der Waals surface area (Å²) in [6.07, 6.45) is 2.10. The second-order valence-corrected chi connectivity index (χ2v) is 4.57. The smallest absolute Gasteiger partial charge is 0.166 e. The van der Waals surface area contributed by atoms with Gasteiger partial charge in [0.15, 0.2) is 5.78 Å². The van der Waals surface area contributed by atoms with Crippen LogP contribution in [0.4, 0.5) is 0 Å². The maximum Gasteiger partial charge on any atom is 0.166 e. The van der Waals surface area contributed by atoms with Crippen LogP contribution in [-0.2, 0) is 0 Å². The number of hydrogen-bond acceptors (Lipinski definition) is 3. The molecule has 17 heavy (non-hydrogen) atoms. The molecule has 4 heteroatoms. The van der Waals surface area contributed by atoms with Crippen LogP contribution in [0.2, 0.25) is 5.02 Å². The number of halogens is 1. The van der Waals surface area contributed by atoms with Crippen molar-refractivity contribution >= 4 is 17.4 Å². The Kier molecular flexibility index (Phi) is 5.45. The van der Waals surface area contributed by atoms with Crippen LogP contribution in [-0.4, -0.2) is 18.9 Å². The van der Waals surface area contributed by atoms with Gasteiger partial charge in [0.05, 0.1) is 12.7 Å². The molecule has 0 aliphatic heterocycles. The summed E-state index contributed by atoms with van der Waals surface area (Å²) < 4.78 is 5.14. The Morgan fingerprint density at radius 1 is 1.53 bits per heavy atom. The molecule has 94 valence electrons. The molecule has 0 heterocycles. The predicted octanol–water partition coefficient (Wildman–Crippen LogP) is 3.05. The van der Waals surface area contributed by atoms with Crippen molar-refractivity contribution < 1.29 is 9.53 Å². The highest BCUT2D eigenvalue weighted by Crippen LogP contribution is 2.24. The standard InChI is InChI=1S/C13H18ClNO2/c1-9(15)4-3-5-12(16)11-8-10(14)6-7-13(11)17-2/h6-9H,3-5,15H2,1-2H3. The topological polar surface area (TPSA) is 52.3 Å². The minimum atomic E-state index is 0.0463. The molecule has 1 atom stereocenters. The lowest BCUT2D eigenvalue weighted by molar-refractivity contribution is 0.0976. The number of ketones is 1. The summed E-state index contributed by atoms with van der Waals surface area (Å²) >= 11 is 5.87. The zero-order valence-corrected chi connectivity index (χ0v) is 11.0. The van der Waals surface area contributed by atoms with Crippen molar-refractivity contribution in [1.29, 1.82) is 0 Å². The first-order valence-corrected chi connectivity index (χ1v) is 6.04. The number of hydrogen-bond donors (Lipinski definition) is 1. The SMILES string of the molecule is COc1ccc(Cl)cc1C(=O)CCCC(C)N. The number of carbonyl (C=O) groups excluding carboxylic acids is 1. The van der Waals surface area contributed by atoms with E-state index in [0.717, 1.165) is 12.8 Å². The number of rotatable bonds is 6. The fraction of sp³-hybridized carbons (Fsp3) is 0.462. The van der Waals surface area contributed by atoms with Crippen LogP contribution in [0, 0.1) is 0 Å². The highest BCUT2D eigenvalue weighted by Gasteiger charge is 2.12. The van der Waals surface area contributed by atoms with Gasteiger partial charge in [0.25, 0.3) is 0 Å². The summed E-state index contributed by atoms with van der Waals surface area (Å²) in [5, 5.41) is 0.543. The van der Waals surface area contributed by atoms with Crippen LogP contribution in [0.25, 0.3) is 0 Å². The second kappa shape index (κ2) is 6.62. The van der Waals surface area contributed by atoms with E-state index in [9.17, 15) is 4.79 Å². The number of methoxy groups -OCH3 is 1. The Balaban J connectivity index is 2.70. The molecule has 1 unspecified atom stereocenters. The van der Waals surface area contributed by atoms with Gasteiger partial charge in [0.1, 0.15) is 5.75 Å². The lowest BCUT2D eigenvalue weighted by atomic mass is 10.0. The summed E-state index contributed by atoms with van der Waals surface area (Å²) in [6, 6.07) is 5.19. The van der Waals surface area contributed by atoms with Crippen molar-refractivity contribution in [3.63, 3.8) is 0 Å². The molecule has 0 radical (unpaired) electrons. The van der Waals surface area contributed by atoms with Gasteiger partial charge in [-0.1, -0.05) is 11.6 Å². The average Bonchev–Trinajstić information content (AvgIpc) is 2.28. The van der Waals surface area contributed by atoms with Crippen LogP contribution >= 0.6 is 11.6 Å². The summed E-state index contributed by atoms with van der Waals surface area (Å²) in [6.45, 7) is 1.93. The summed E-state index contributed by atoms with van der Waals surface area (Å²) in [5.74, 6) is 0.616. The van der Waals surface area contributed by atoms with Gasteiger partial charge >= 0.3 is 0 Å². The third-order valence-corrected chi connectivity index (χ3v) is 2.76. The molecule has 0 bridgehead atoms. The highest BCUT2D eigenvalue weighted by molar-refractivity contribution is 6.31. The van der Waals surface area contributed by atoms with E-state index < -0.39 is 0 Å². The van der Waals surface area contributed by atoms with Crippen molar-refractivity contribution in [2.45, 2.75) is 32.2 Å². The summed E-state index contributed by atoms with van der Waals surface area (Å²) in [5.41, 5.74) is 6.19. The molecule has 1 rings (SSSR count). The van der Waals surface area contributed by atoms with Gasteiger partial charge in [0, 0.05) is 17.5 Å². The molecule has 0 saturated carbocycles. The second-order valence-electron chi connectivity index (χ2n) is 4.14. The first-order valence-electron chi connectivity index (χ1n) is 5.67. The zero-order chi connectivity index (χ0) is 12.8. The largest absolute Gasteiger partial charge is 0.496 e. The first kappa shape index (κ1) is 14.0. The van der Waals surface area contributed by atoms with E-state index >= 15 is 0 Å². The van der Waals surface area contributed by atoms with E-state index in [-0.39, 0.29) is 11.8 Å². The first-order chi connectivity index (χ1) is 8.04. The molecule has 0 spiro atoms. The number of Topliss-reactive ketones (excluding diaryl/α,β-unsaturated/α-hetero) is 1. The zero-order valence-electron chi connectivity index (χ0n) is 10.2. The van der Waals surface area contributed by atoms with E-state index in [1.165, 1.54) is 0 Å². The Hall–Kier alpha value is -1.06. The van der Waals surface area contributed by atoms with E-state index in [1.807, 2.05) is 6.92 Å². The van der Waals surface area contributed by atoms with Crippen LogP contribution in [0.1, 0.15) is 36.5 Å². The van der Waals surface area contributed by atoms with Crippen molar-refractivity contribution in [2.75, 3.05) is 7.11 Å². The molecule has 0 amide bonds. The highest BCUT2D eigenvalue weighted by atomic mass is 35.5. The lowest BCUT2D eigenvalue weighted by Crippen LogP contribution is -2.15. The van der Waals surface area contributed by atoms with E-state index in [2.05, 4.69) is 0 Å². The minimum Gasteiger partial charge on any atom is -0.496 e. The van der Waals surface area contributed by atoms with Gasteiger partial charge in [-0.2, -0.15) is 0 Å². The van der Waals surface area contributed by atoms with E-state index in [4.69, 9.17) is 22.1 Å². The maximum atomic E-state index is 12.0. The molecular weight excluding hydrogens is 238 g/mol. The van der Waals surface area contributed by atoms with Gasteiger partial charge in [-0.3, -0.25) is 4.79 Å². The van der Waals surface area contributed by atoms with Crippen molar-refractivity contribution in [3.8, 4) is 5.75 Å². The van der Waals surface area contributed by atoms with Gasteiger partial charge in [-0.15, -0.1) is 0 Å². The quantitative estimate of drug-likeness (QED) is 0.795. The number of benzene rings is 1. The fourth-order valence-corrected chi connectivity index (χ4v) is 1.79. The molecule has 3 nitrogen and oxygen atoms in total. The number of ether oxygens (including phenoxy) is 1. The van der Waals surface area contributed by atoms with Crippen LogP contribution < -0.4 is 10.5 Å². The van der Waals surface area contributed by atoms with Crippen molar-refractivity contribution in [3.05, 3.63) is 28.8 Å². The van der Waals surface area contributed by atoms with Crippen LogP contribution in [0.5, 0.6) is 5.75 Å². The minimum absolute atomic E-state index is 0.0463. The molecule has 0 aliphatic carbocycles. The molecule has 1 aromatic rings. The molecule has 0 aromatic heterocycles. The molecule has 2 N–H and O–H groups in total. The van der Waals surface area contributed by atoms with Crippen molar-refractivity contribution in [1.82, 2.24) is 0 Å². The summed E-state index contributed by atoms with van der Waals surface area (Å²) in [4.78, 5) is 12.0. The third-order valence-electron chi connectivity index (χ3n) is 2.53. The fourth-order valence-electron chi connectivity index (χ4n) is 1.62. The Labute approximate surface area is 107 Å². The van der Waals surface area contributed by atoms with Gasteiger partial charge < -0.3 is 10.5 Å². The predicted molar refractivity (Wildman–Crippen MR) is 69.8 cm³/mol. The third kappa shape index (κ3) is 4.36. The monoisotopic (exact) mass is 255 g/mol. The normalized spacial score (nSPS) is 12.2. The Bertz CT molecular complexity index is 391. The van der Waals surface area contributed by atoms with Gasteiger partial charge in [0.2, 0.25) is 0 Å². The summed E-state index contributed by atoms with van der Waals surface area (Å²) in [7, 11) is 1.54. The van der Waals surface area contributed by atoms with Gasteiger partial charge in [-0.05, 0) is 38.0 Å². The van der Waals surface area contributed by atoms with Gasteiger partial charge in [-0.25, -0.2) is 0 Å². The van der Waals surface area contributed by atoms with Crippen LogP contribution in [0.3, 0.4) is 0 Å². The Morgan fingerprint density at radius 2 is 2.24 bits per heavy atom. The van der Waals surface area contributed by atoms with Crippen molar-refractivity contribution in [2.24, 2.45) is 5.73 Å². The number of nitrogens with two attached hydrogens (primary N) is 1. The maximum absolute atomic E-state index is 12.0.